The lowest BCUT2D eigenvalue weighted by atomic mass is 10.2. The first-order valence-corrected chi connectivity index (χ1v) is 3.32. The van der Waals surface area contributed by atoms with Gasteiger partial charge in [0.2, 0.25) is 0 Å². The molecule has 0 radical (unpaired) electrons. The van der Waals surface area contributed by atoms with Crippen molar-refractivity contribution in [2.75, 3.05) is 0 Å². The van der Waals surface area contributed by atoms with Crippen LogP contribution in [0, 0.1) is 0 Å². The van der Waals surface area contributed by atoms with Crippen molar-refractivity contribution >= 4 is 17.4 Å². The normalized spacial score (nSPS) is 10.3. The highest BCUT2D eigenvalue weighted by Crippen LogP contribution is 2.22. The minimum atomic E-state index is 0.0125. The maximum atomic E-state index is 10.5. The Kier molecular flexibility index (Phi) is 1.33. The van der Waals surface area contributed by atoms with Gasteiger partial charge in [-0.05, 0) is 6.07 Å². The number of hydrogen-bond donors (Lipinski definition) is 1. The highest BCUT2D eigenvalue weighted by molar-refractivity contribution is 5.93. The third-order valence-corrected chi connectivity index (χ3v) is 1.57. The van der Waals surface area contributed by atoms with Crippen molar-refractivity contribution in [1.29, 1.82) is 0 Å². The van der Waals surface area contributed by atoms with Gasteiger partial charge in [0.1, 0.15) is 11.3 Å². The third-order valence-electron chi connectivity index (χ3n) is 1.57. The summed E-state index contributed by atoms with van der Waals surface area (Å²) >= 11 is 0. The Hall–Kier alpha value is -1.84. The van der Waals surface area contributed by atoms with Gasteiger partial charge >= 0.3 is 0 Å². The van der Waals surface area contributed by atoms with Crippen LogP contribution in [0.3, 0.4) is 0 Å². The lowest BCUT2D eigenvalue weighted by Crippen LogP contribution is -1.80. The molecule has 1 aromatic heterocycles. The van der Waals surface area contributed by atoms with E-state index in [1.54, 1.807) is 0 Å². The summed E-state index contributed by atoms with van der Waals surface area (Å²) in [6.07, 6.45) is 1.85. The van der Waals surface area contributed by atoms with Crippen molar-refractivity contribution in [2.45, 2.75) is 0 Å². The van der Waals surface area contributed by atoms with Gasteiger partial charge in [-0.3, -0.25) is 4.79 Å². The standard InChI is InChI=1S/C8H5NO3/c10-3-5-1-6(11)2-7-8(5)12-4-9-7/h1-4,11H. The highest BCUT2D eigenvalue weighted by Gasteiger charge is 2.06. The van der Waals surface area contributed by atoms with Crippen LogP contribution in [0.25, 0.3) is 11.1 Å². The fourth-order valence-electron chi connectivity index (χ4n) is 1.07. The van der Waals surface area contributed by atoms with E-state index in [1.165, 1.54) is 18.5 Å². The Morgan fingerprint density at radius 1 is 1.50 bits per heavy atom. The average Bonchev–Trinajstić information content (AvgIpc) is 2.50. The first kappa shape index (κ1) is 6.84. The molecule has 0 aliphatic carbocycles. The second kappa shape index (κ2) is 2.34. The molecule has 1 aromatic carbocycles. The van der Waals surface area contributed by atoms with Gasteiger partial charge in [0.25, 0.3) is 0 Å². The monoisotopic (exact) mass is 163 g/mol. The number of aldehydes is 1. The lowest BCUT2D eigenvalue weighted by molar-refractivity contribution is 0.112. The van der Waals surface area contributed by atoms with Crippen LogP contribution in [0.15, 0.2) is 22.9 Å². The summed E-state index contributed by atoms with van der Waals surface area (Å²) in [4.78, 5) is 14.3. The van der Waals surface area contributed by atoms with Crippen molar-refractivity contribution < 1.29 is 14.3 Å². The Balaban J connectivity index is 2.88. The Bertz CT molecular complexity index is 433. The maximum Gasteiger partial charge on any atom is 0.182 e. The van der Waals surface area contributed by atoms with E-state index in [0.717, 1.165) is 0 Å². The molecular formula is C8H5NO3. The molecular weight excluding hydrogens is 158 g/mol. The lowest BCUT2D eigenvalue weighted by Gasteiger charge is -1.93. The van der Waals surface area contributed by atoms with Crippen LogP contribution in [0.1, 0.15) is 10.4 Å². The van der Waals surface area contributed by atoms with Gasteiger partial charge in [0, 0.05) is 6.07 Å². The van der Waals surface area contributed by atoms with E-state index in [0.29, 0.717) is 22.9 Å². The summed E-state index contributed by atoms with van der Waals surface area (Å²) in [6, 6.07) is 2.77. The van der Waals surface area contributed by atoms with E-state index in [9.17, 15) is 4.79 Å². The molecule has 4 nitrogen and oxygen atoms in total. The van der Waals surface area contributed by atoms with Crippen LogP contribution < -0.4 is 0 Å². The fourth-order valence-corrected chi connectivity index (χ4v) is 1.07. The highest BCUT2D eigenvalue weighted by atomic mass is 16.3. The molecule has 2 rings (SSSR count). The van der Waals surface area contributed by atoms with Crippen LogP contribution >= 0.6 is 0 Å². The van der Waals surface area contributed by atoms with Crippen LogP contribution in [-0.2, 0) is 0 Å². The summed E-state index contributed by atoms with van der Waals surface area (Å²) in [7, 11) is 0. The molecule has 0 atom stereocenters. The largest absolute Gasteiger partial charge is 0.508 e. The number of oxazole rings is 1. The molecule has 12 heavy (non-hydrogen) atoms. The minimum absolute atomic E-state index is 0.0125. The number of phenolic OH excluding ortho intramolecular Hbond substituents is 1. The van der Waals surface area contributed by atoms with E-state index >= 15 is 0 Å². The summed E-state index contributed by atoms with van der Waals surface area (Å²) in [5.74, 6) is 0.0125. The van der Waals surface area contributed by atoms with E-state index in [1.807, 2.05) is 0 Å². The van der Waals surface area contributed by atoms with E-state index in [2.05, 4.69) is 4.98 Å². The molecule has 0 saturated carbocycles. The van der Waals surface area contributed by atoms with Gasteiger partial charge in [0.05, 0.1) is 5.56 Å². The molecule has 0 aliphatic rings. The number of carbonyl (C=O) groups is 1. The first-order chi connectivity index (χ1) is 5.81. The second-order valence-electron chi connectivity index (χ2n) is 2.35. The maximum absolute atomic E-state index is 10.5. The average molecular weight is 163 g/mol. The van der Waals surface area contributed by atoms with E-state index in [4.69, 9.17) is 9.52 Å². The number of aromatic nitrogens is 1. The van der Waals surface area contributed by atoms with Crippen LogP contribution in [-0.4, -0.2) is 16.4 Å². The predicted octanol–water partition coefficient (Wildman–Crippen LogP) is 1.35. The number of phenols is 1. The molecule has 4 heteroatoms. The summed E-state index contributed by atoms with van der Waals surface area (Å²) in [5, 5.41) is 9.12. The molecule has 2 aromatic rings. The number of nitrogens with zero attached hydrogens (tertiary/aromatic N) is 1. The molecule has 0 aliphatic heterocycles. The zero-order valence-electron chi connectivity index (χ0n) is 6.02. The molecule has 60 valence electrons. The fraction of sp³-hybridized carbons (Fsp3) is 0. The second-order valence-corrected chi connectivity index (χ2v) is 2.35. The summed E-state index contributed by atoms with van der Waals surface area (Å²) < 4.78 is 4.94. The van der Waals surface area contributed by atoms with Crippen LogP contribution in [0.4, 0.5) is 0 Å². The zero-order chi connectivity index (χ0) is 8.55. The summed E-state index contributed by atoms with van der Waals surface area (Å²) in [6.45, 7) is 0. The SMILES string of the molecule is O=Cc1cc(O)cc2ncoc12. The molecule has 0 fully saturated rings. The molecule has 0 unspecified atom stereocenters. The molecule has 0 amide bonds. The Morgan fingerprint density at radius 2 is 2.33 bits per heavy atom. The number of hydrogen-bond acceptors (Lipinski definition) is 4. The van der Waals surface area contributed by atoms with Crippen molar-refractivity contribution in [1.82, 2.24) is 4.98 Å². The number of aromatic hydroxyl groups is 1. The van der Waals surface area contributed by atoms with Gasteiger partial charge < -0.3 is 9.52 Å². The van der Waals surface area contributed by atoms with Gasteiger partial charge in [0.15, 0.2) is 18.3 Å². The van der Waals surface area contributed by atoms with E-state index in [-0.39, 0.29) is 5.75 Å². The molecule has 0 saturated heterocycles. The van der Waals surface area contributed by atoms with Crippen LogP contribution in [0.5, 0.6) is 5.75 Å². The number of carbonyl (C=O) groups excluding carboxylic acids is 1. The smallest absolute Gasteiger partial charge is 0.182 e. The molecule has 1 heterocycles. The topological polar surface area (TPSA) is 63.3 Å². The number of fused-ring (bicyclic) bond motifs is 1. The first-order valence-electron chi connectivity index (χ1n) is 3.32. The summed E-state index contributed by atoms with van der Waals surface area (Å²) in [5.41, 5.74) is 1.20. The van der Waals surface area contributed by atoms with Crippen LogP contribution in [0.2, 0.25) is 0 Å². The number of rotatable bonds is 1. The Morgan fingerprint density at radius 3 is 3.08 bits per heavy atom. The van der Waals surface area contributed by atoms with E-state index < -0.39 is 0 Å². The van der Waals surface area contributed by atoms with Crippen molar-refractivity contribution in [2.24, 2.45) is 0 Å². The molecule has 0 spiro atoms. The molecule has 1 N–H and O–H groups in total. The zero-order valence-corrected chi connectivity index (χ0v) is 6.02. The minimum Gasteiger partial charge on any atom is -0.508 e. The van der Waals surface area contributed by atoms with Crippen molar-refractivity contribution in [3.8, 4) is 5.75 Å². The molecule has 0 bridgehead atoms. The van der Waals surface area contributed by atoms with Crippen molar-refractivity contribution in [3.63, 3.8) is 0 Å². The van der Waals surface area contributed by atoms with Gasteiger partial charge in [-0.25, -0.2) is 4.98 Å². The van der Waals surface area contributed by atoms with Gasteiger partial charge in [-0.2, -0.15) is 0 Å². The predicted molar refractivity (Wildman–Crippen MR) is 41.1 cm³/mol. The Labute approximate surface area is 67.4 Å². The van der Waals surface area contributed by atoms with Crippen molar-refractivity contribution in [3.05, 3.63) is 24.1 Å². The third kappa shape index (κ3) is 0.852. The van der Waals surface area contributed by atoms with Gasteiger partial charge in [-0.1, -0.05) is 0 Å². The van der Waals surface area contributed by atoms with Gasteiger partial charge in [-0.15, -0.1) is 0 Å². The quantitative estimate of drug-likeness (QED) is 0.644. The number of benzene rings is 1.